The van der Waals surface area contributed by atoms with Crippen LogP contribution in [0.25, 0.3) is 0 Å². The van der Waals surface area contributed by atoms with E-state index in [4.69, 9.17) is 0 Å². The third-order valence-corrected chi connectivity index (χ3v) is 5.41. The summed E-state index contributed by atoms with van der Waals surface area (Å²) in [7, 11) is 0. The first-order valence-corrected chi connectivity index (χ1v) is 7.29. The van der Waals surface area contributed by atoms with Gasteiger partial charge in [-0.15, -0.1) is 11.3 Å². The Hall–Kier alpha value is -0.810. The van der Waals surface area contributed by atoms with Crippen molar-refractivity contribution in [1.82, 2.24) is 5.32 Å². The average Bonchev–Trinajstić information content (AvgIpc) is 2.86. The van der Waals surface area contributed by atoms with Gasteiger partial charge in [0.1, 0.15) is 4.75 Å². The van der Waals surface area contributed by atoms with Crippen LogP contribution in [0.3, 0.4) is 0 Å². The molecule has 0 aromatic carbocycles. The van der Waals surface area contributed by atoms with Gasteiger partial charge in [-0.3, -0.25) is 9.79 Å². The number of carbonyl (C=O) groups excluding carboxylic acids is 1. The Morgan fingerprint density at radius 1 is 1.53 bits per heavy atom. The molecule has 1 aliphatic rings. The van der Waals surface area contributed by atoms with Crippen molar-refractivity contribution in [2.45, 2.75) is 32.1 Å². The highest BCUT2D eigenvalue weighted by molar-refractivity contribution is 8.16. The van der Waals surface area contributed by atoms with Gasteiger partial charge < -0.3 is 5.32 Å². The number of thioether (sulfide) groups is 1. The number of amidine groups is 1. The molecule has 0 spiro atoms. The van der Waals surface area contributed by atoms with Crippen molar-refractivity contribution in [3.8, 4) is 0 Å². The van der Waals surface area contributed by atoms with E-state index in [-0.39, 0.29) is 10.7 Å². The Morgan fingerprint density at radius 3 is 2.82 bits per heavy atom. The molecule has 1 amide bonds. The molecule has 3 nitrogen and oxygen atoms in total. The maximum Gasteiger partial charge on any atom is 0.242 e. The van der Waals surface area contributed by atoms with E-state index in [2.05, 4.69) is 30.2 Å². The highest BCUT2D eigenvalue weighted by Crippen LogP contribution is 2.38. The van der Waals surface area contributed by atoms with Gasteiger partial charge in [0.05, 0.1) is 6.54 Å². The molecule has 1 atom stereocenters. The summed E-state index contributed by atoms with van der Waals surface area (Å²) in [6.07, 6.45) is 0. The molecule has 2 rings (SSSR count). The van der Waals surface area contributed by atoms with Crippen molar-refractivity contribution in [1.29, 1.82) is 0 Å². The van der Waals surface area contributed by atoms with Gasteiger partial charge in [0.2, 0.25) is 5.91 Å². The van der Waals surface area contributed by atoms with Gasteiger partial charge in [-0.05, 0) is 24.3 Å². The molecule has 0 aliphatic carbocycles. The summed E-state index contributed by atoms with van der Waals surface area (Å²) in [5.41, 5.74) is 0. The summed E-state index contributed by atoms with van der Waals surface area (Å²) < 4.78 is -0.381. The first kappa shape index (κ1) is 12.6. The van der Waals surface area contributed by atoms with E-state index in [1.54, 1.807) is 23.1 Å². The third-order valence-electron chi connectivity index (χ3n) is 3.04. The fourth-order valence-corrected chi connectivity index (χ4v) is 3.18. The fourth-order valence-electron chi connectivity index (χ4n) is 1.50. The fraction of sp³-hybridized carbons (Fsp3) is 0.500. The zero-order valence-corrected chi connectivity index (χ0v) is 11.8. The van der Waals surface area contributed by atoms with E-state index >= 15 is 0 Å². The smallest absolute Gasteiger partial charge is 0.242 e. The number of hydrogen-bond acceptors (Lipinski definition) is 4. The largest absolute Gasteiger partial charge is 0.304 e. The first-order valence-electron chi connectivity index (χ1n) is 5.59. The zero-order chi connectivity index (χ0) is 12.5. The Kier molecular flexibility index (Phi) is 3.58. The van der Waals surface area contributed by atoms with Crippen LogP contribution in [0.5, 0.6) is 0 Å². The second-order valence-electron chi connectivity index (χ2n) is 4.52. The summed E-state index contributed by atoms with van der Waals surface area (Å²) >= 11 is 3.23. The Bertz CT molecular complexity index is 439. The minimum Gasteiger partial charge on any atom is -0.304 e. The highest BCUT2D eigenvalue weighted by Gasteiger charge is 2.44. The molecule has 0 saturated carbocycles. The Balaban J connectivity index is 2.06. The number of carbonyl (C=O) groups is 1. The lowest BCUT2D eigenvalue weighted by atomic mass is 9.96. The van der Waals surface area contributed by atoms with E-state index < -0.39 is 0 Å². The molecular weight excluding hydrogens is 252 g/mol. The molecule has 1 N–H and O–H groups in total. The quantitative estimate of drug-likeness (QED) is 0.916. The van der Waals surface area contributed by atoms with Gasteiger partial charge in [0, 0.05) is 4.88 Å². The molecule has 1 aromatic rings. The van der Waals surface area contributed by atoms with E-state index in [0.29, 0.717) is 12.5 Å². The number of thiophene rings is 1. The van der Waals surface area contributed by atoms with Crippen molar-refractivity contribution in [3.05, 3.63) is 22.4 Å². The molecule has 0 radical (unpaired) electrons. The van der Waals surface area contributed by atoms with E-state index in [0.717, 1.165) is 5.17 Å². The molecular formula is C12H16N2OS2. The van der Waals surface area contributed by atoms with E-state index in [9.17, 15) is 4.79 Å². The second-order valence-corrected chi connectivity index (χ2v) is 6.99. The van der Waals surface area contributed by atoms with Crippen molar-refractivity contribution < 1.29 is 4.79 Å². The topological polar surface area (TPSA) is 41.5 Å². The number of nitrogens with one attached hydrogen (secondary N) is 1. The van der Waals surface area contributed by atoms with Gasteiger partial charge in [0.25, 0.3) is 0 Å². The zero-order valence-electron chi connectivity index (χ0n) is 10.2. The lowest BCUT2D eigenvalue weighted by Crippen LogP contribution is -2.38. The van der Waals surface area contributed by atoms with Gasteiger partial charge in [-0.1, -0.05) is 31.7 Å². The highest BCUT2D eigenvalue weighted by atomic mass is 32.2. The van der Waals surface area contributed by atoms with Crippen LogP contribution < -0.4 is 5.32 Å². The predicted octanol–water partition coefficient (Wildman–Crippen LogP) is 2.88. The second kappa shape index (κ2) is 4.82. The Morgan fingerprint density at radius 2 is 2.29 bits per heavy atom. The molecule has 1 unspecified atom stereocenters. The summed E-state index contributed by atoms with van der Waals surface area (Å²) in [5.74, 6) is 0.365. The van der Waals surface area contributed by atoms with Crippen molar-refractivity contribution in [3.63, 3.8) is 0 Å². The van der Waals surface area contributed by atoms with Crippen molar-refractivity contribution in [2.75, 3.05) is 0 Å². The van der Waals surface area contributed by atoms with Crippen LogP contribution >= 0.6 is 23.1 Å². The minimum atomic E-state index is -0.381. The maximum absolute atomic E-state index is 11.9. The van der Waals surface area contributed by atoms with Crippen LogP contribution in [-0.2, 0) is 11.3 Å². The van der Waals surface area contributed by atoms with Crippen LogP contribution in [-0.4, -0.2) is 15.8 Å². The monoisotopic (exact) mass is 268 g/mol. The first-order chi connectivity index (χ1) is 8.02. The summed E-state index contributed by atoms with van der Waals surface area (Å²) in [5, 5.41) is 5.65. The van der Waals surface area contributed by atoms with Gasteiger partial charge >= 0.3 is 0 Å². The molecule has 1 aromatic heterocycles. The van der Waals surface area contributed by atoms with Crippen LogP contribution in [0, 0.1) is 5.92 Å². The van der Waals surface area contributed by atoms with Crippen molar-refractivity contribution in [2.24, 2.45) is 10.9 Å². The summed E-state index contributed by atoms with van der Waals surface area (Å²) in [4.78, 5) is 17.6. The molecule has 17 heavy (non-hydrogen) atoms. The van der Waals surface area contributed by atoms with Crippen LogP contribution in [0.1, 0.15) is 25.6 Å². The van der Waals surface area contributed by atoms with E-state index in [1.165, 1.54) is 4.88 Å². The summed E-state index contributed by atoms with van der Waals surface area (Å²) in [6, 6.07) is 4.07. The number of nitrogens with zero attached hydrogens (tertiary/aromatic N) is 1. The number of rotatable bonds is 3. The SMILES string of the molecule is CC(C)C1(C)SC(=NCc2cccs2)NC1=O. The summed E-state index contributed by atoms with van der Waals surface area (Å²) in [6.45, 7) is 6.75. The minimum absolute atomic E-state index is 0.0717. The molecule has 1 fully saturated rings. The van der Waals surface area contributed by atoms with Crippen molar-refractivity contribution >= 4 is 34.2 Å². The standard InChI is InChI=1S/C12H16N2OS2/c1-8(2)12(3)10(15)14-11(17-12)13-7-9-5-4-6-16-9/h4-6,8H,7H2,1-3H3,(H,13,14,15). The molecule has 2 heterocycles. The van der Waals surface area contributed by atoms with E-state index in [1.807, 2.05) is 18.4 Å². The lowest BCUT2D eigenvalue weighted by Gasteiger charge is -2.22. The third kappa shape index (κ3) is 2.55. The molecule has 1 saturated heterocycles. The molecule has 0 bridgehead atoms. The average molecular weight is 268 g/mol. The maximum atomic E-state index is 11.9. The Labute approximate surface area is 110 Å². The molecule has 92 valence electrons. The molecule has 5 heteroatoms. The normalized spacial score (nSPS) is 26.8. The number of aliphatic imine (C=N–C) groups is 1. The lowest BCUT2D eigenvalue weighted by molar-refractivity contribution is -0.122. The number of hydrogen-bond donors (Lipinski definition) is 1. The predicted molar refractivity (Wildman–Crippen MR) is 74.4 cm³/mol. The van der Waals surface area contributed by atoms with Gasteiger partial charge in [0.15, 0.2) is 5.17 Å². The number of amides is 1. The van der Waals surface area contributed by atoms with Crippen LogP contribution in [0.2, 0.25) is 0 Å². The molecule has 1 aliphatic heterocycles. The van der Waals surface area contributed by atoms with Crippen LogP contribution in [0.4, 0.5) is 0 Å². The van der Waals surface area contributed by atoms with Gasteiger partial charge in [-0.2, -0.15) is 0 Å². The van der Waals surface area contributed by atoms with Crippen LogP contribution in [0.15, 0.2) is 22.5 Å². The van der Waals surface area contributed by atoms with Gasteiger partial charge in [-0.25, -0.2) is 0 Å².